The standard InChI is InChI=1S/C14H25N3O/c1-11(2)17-8-7-13(16-17)10-15-9-12-3-5-14(18)6-4-12/h7-8,11-12,14-15,18H,3-6,9-10H2,1-2H3. The van der Waals surface area contributed by atoms with Crippen LogP contribution in [-0.4, -0.2) is 27.5 Å². The Bertz CT molecular complexity index is 354. The zero-order chi connectivity index (χ0) is 13.0. The van der Waals surface area contributed by atoms with Gasteiger partial charge < -0.3 is 10.4 Å². The number of nitrogens with one attached hydrogen (secondary N) is 1. The van der Waals surface area contributed by atoms with Crippen molar-refractivity contribution in [1.29, 1.82) is 0 Å². The fourth-order valence-corrected chi connectivity index (χ4v) is 2.51. The van der Waals surface area contributed by atoms with Gasteiger partial charge in [-0.3, -0.25) is 4.68 Å². The average molecular weight is 251 g/mol. The van der Waals surface area contributed by atoms with Gasteiger partial charge in [0.25, 0.3) is 0 Å². The molecule has 1 aliphatic carbocycles. The quantitative estimate of drug-likeness (QED) is 0.842. The summed E-state index contributed by atoms with van der Waals surface area (Å²) in [6.07, 6.45) is 6.22. The molecule has 0 radical (unpaired) electrons. The minimum Gasteiger partial charge on any atom is -0.393 e. The van der Waals surface area contributed by atoms with Crippen LogP contribution in [0, 0.1) is 5.92 Å². The Labute approximate surface area is 109 Å². The highest BCUT2D eigenvalue weighted by atomic mass is 16.3. The van der Waals surface area contributed by atoms with E-state index in [1.165, 1.54) is 0 Å². The lowest BCUT2D eigenvalue weighted by Crippen LogP contribution is -2.27. The first-order chi connectivity index (χ1) is 8.65. The number of hydrogen-bond acceptors (Lipinski definition) is 3. The molecule has 102 valence electrons. The van der Waals surface area contributed by atoms with E-state index in [1.807, 2.05) is 10.9 Å². The maximum absolute atomic E-state index is 9.45. The lowest BCUT2D eigenvalue weighted by Gasteiger charge is -2.25. The van der Waals surface area contributed by atoms with Crippen molar-refractivity contribution in [2.24, 2.45) is 5.92 Å². The van der Waals surface area contributed by atoms with E-state index in [2.05, 4.69) is 30.3 Å². The summed E-state index contributed by atoms with van der Waals surface area (Å²) in [5.41, 5.74) is 1.11. The van der Waals surface area contributed by atoms with Crippen molar-refractivity contribution >= 4 is 0 Å². The second kappa shape index (κ2) is 6.34. The molecule has 0 saturated heterocycles. The van der Waals surface area contributed by atoms with Crippen LogP contribution in [0.2, 0.25) is 0 Å². The van der Waals surface area contributed by atoms with E-state index in [9.17, 15) is 5.11 Å². The van der Waals surface area contributed by atoms with Crippen LogP contribution in [-0.2, 0) is 6.54 Å². The Morgan fingerprint density at radius 3 is 2.72 bits per heavy atom. The number of nitrogens with zero attached hydrogens (tertiary/aromatic N) is 2. The van der Waals surface area contributed by atoms with Gasteiger partial charge in [0.15, 0.2) is 0 Å². The molecule has 1 aromatic heterocycles. The fourth-order valence-electron chi connectivity index (χ4n) is 2.51. The van der Waals surface area contributed by atoms with Gasteiger partial charge in [-0.15, -0.1) is 0 Å². The zero-order valence-electron chi connectivity index (χ0n) is 11.5. The zero-order valence-corrected chi connectivity index (χ0v) is 11.5. The van der Waals surface area contributed by atoms with Gasteiger partial charge in [0.1, 0.15) is 0 Å². The molecule has 1 aromatic rings. The Morgan fingerprint density at radius 1 is 1.39 bits per heavy atom. The maximum Gasteiger partial charge on any atom is 0.0762 e. The van der Waals surface area contributed by atoms with Crippen LogP contribution in [0.1, 0.15) is 51.3 Å². The molecule has 2 rings (SSSR count). The Hall–Kier alpha value is -0.870. The molecule has 1 heterocycles. The Balaban J connectivity index is 1.68. The smallest absolute Gasteiger partial charge is 0.0762 e. The van der Waals surface area contributed by atoms with Gasteiger partial charge in [0, 0.05) is 18.8 Å². The average Bonchev–Trinajstić information content (AvgIpc) is 2.81. The number of rotatable bonds is 5. The third-order valence-corrected chi connectivity index (χ3v) is 3.75. The van der Waals surface area contributed by atoms with Crippen molar-refractivity contribution in [2.45, 2.75) is 58.2 Å². The van der Waals surface area contributed by atoms with Crippen molar-refractivity contribution in [3.8, 4) is 0 Å². The fraction of sp³-hybridized carbons (Fsp3) is 0.786. The number of aromatic nitrogens is 2. The first-order valence-electron chi connectivity index (χ1n) is 7.08. The summed E-state index contributed by atoms with van der Waals surface area (Å²) in [6.45, 7) is 6.16. The normalized spacial score (nSPS) is 24.7. The predicted octanol–water partition coefficient (Wildman–Crippen LogP) is 2.10. The molecule has 0 aliphatic heterocycles. The highest BCUT2D eigenvalue weighted by molar-refractivity contribution is 4.99. The number of aliphatic hydroxyl groups excluding tert-OH is 1. The van der Waals surface area contributed by atoms with Crippen molar-refractivity contribution < 1.29 is 5.11 Å². The van der Waals surface area contributed by atoms with Crippen molar-refractivity contribution in [3.63, 3.8) is 0 Å². The summed E-state index contributed by atoms with van der Waals surface area (Å²) in [7, 11) is 0. The van der Waals surface area contributed by atoms with Gasteiger partial charge in [-0.25, -0.2) is 0 Å². The lowest BCUT2D eigenvalue weighted by molar-refractivity contribution is 0.108. The summed E-state index contributed by atoms with van der Waals surface area (Å²) in [5.74, 6) is 0.723. The van der Waals surface area contributed by atoms with Crippen LogP contribution >= 0.6 is 0 Å². The Kier molecular flexibility index (Phi) is 4.78. The highest BCUT2D eigenvalue weighted by Gasteiger charge is 2.18. The molecule has 0 aromatic carbocycles. The van der Waals surface area contributed by atoms with Gasteiger partial charge in [-0.2, -0.15) is 5.10 Å². The number of aliphatic hydroxyl groups is 1. The third-order valence-electron chi connectivity index (χ3n) is 3.75. The lowest BCUT2D eigenvalue weighted by atomic mass is 9.87. The summed E-state index contributed by atoms with van der Waals surface area (Å²) in [4.78, 5) is 0. The van der Waals surface area contributed by atoms with Crippen LogP contribution in [0.15, 0.2) is 12.3 Å². The molecule has 0 atom stereocenters. The van der Waals surface area contributed by atoms with Crippen molar-refractivity contribution in [3.05, 3.63) is 18.0 Å². The second-order valence-electron chi connectivity index (χ2n) is 5.69. The molecule has 2 N–H and O–H groups in total. The summed E-state index contributed by atoms with van der Waals surface area (Å²) < 4.78 is 1.99. The monoisotopic (exact) mass is 251 g/mol. The van der Waals surface area contributed by atoms with Gasteiger partial charge in [0.2, 0.25) is 0 Å². The van der Waals surface area contributed by atoms with Gasteiger partial charge in [-0.1, -0.05) is 0 Å². The molecular weight excluding hydrogens is 226 g/mol. The molecule has 0 spiro atoms. The molecule has 4 heteroatoms. The minimum absolute atomic E-state index is 0.0528. The van der Waals surface area contributed by atoms with E-state index < -0.39 is 0 Å². The third kappa shape index (κ3) is 3.82. The molecule has 1 aliphatic rings. The van der Waals surface area contributed by atoms with Crippen LogP contribution in [0.3, 0.4) is 0 Å². The largest absolute Gasteiger partial charge is 0.393 e. The first kappa shape index (κ1) is 13.6. The topological polar surface area (TPSA) is 50.1 Å². The molecule has 0 unspecified atom stereocenters. The van der Waals surface area contributed by atoms with Crippen molar-refractivity contribution in [1.82, 2.24) is 15.1 Å². The predicted molar refractivity (Wildman–Crippen MR) is 72.3 cm³/mol. The highest BCUT2D eigenvalue weighted by Crippen LogP contribution is 2.23. The van der Waals surface area contributed by atoms with E-state index in [4.69, 9.17) is 0 Å². The molecule has 0 amide bonds. The van der Waals surface area contributed by atoms with Gasteiger partial charge in [-0.05, 0) is 58.1 Å². The van der Waals surface area contributed by atoms with E-state index in [1.54, 1.807) is 0 Å². The Morgan fingerprint density at radius 2 is 2.11 bits per heavy atom. The second-order valence-corrected chi connectivity index (χ2v) is 5.69. The summed E-state index contributed by atoms with van der Waals surface area (Å²) in [5, 5.41) is 17.5. The van der Waals surface area contributed by atoms with Crippen molar-refractivity contribution in [2.75, 3.05) is 6.54 Å². The van der Waals surface area contributed by atoms with Gasteiger partial charge >= 0.3 is 0 Å². The molecular formula is C14H25N3O. The van der Waals surface area contributed by atoms with E-state index in [-0.39, 0.29) is 6.10 Å². The first-order valence-corrected chi connectivity index (χ1v) is 7.08. The van der Waals surface area contributed by atoms with Crippen LogP contribution in [0.25, 0.3) is 0 Å². The number of hydrogen-bond donors (Lipinski definition) is 2. The van der Waals surface area contributed by atoms with E-state index >= 15 is 0 Å². The van der Waals surface area contributed by atoms with Gasteiger partial charge in [0.05, 0.1) is 11.8 Å². The van der Waals surface area contributed by atoms with Crippen LogP contribution in [0.5, 0.6) is 0 Å². The summed E-state index contributed by atoms with van der Waals surface area (Å²) in [6, 6.07) is 2.51. The minimum atomic E-state index is -0.0528. The molecule has 4 nitrogen and oxygen atoms in total. The molecule has 18 heavy (non-hydrogen) atoms. The van der Waals surface area contributed by atoms with E-state index in [0.29, 0.717) is 6.04 Å². The van der Waals surface area contributed by atoms with Crippen LogP contribution in [0.4, 0.5) is 0 Å². The molecule has 1 fully saturated rings. The molecule has 0 bridgehead atoms. The van der Waals surface area contributed by atoms with Crippen LogP contribution < -0.4 is 5.32 Å². The summed E-state index contributed by atoms with van der Waals surface area (Å²) >= 11 is 0. The molecule has 1 saturated carbocycles. The maximum atomic E-state index is 9.45. The SMILES string of the molecule is CC(C)n1ccc(CNCC2CCC(O)CC2)n1. The van der Waals surface area contributed by atoms with E-state index in [0.717, 1.165) is 50.4 Å².